The SMILES string of the molecule is CC(F)N/C=C(\C=N)Oc1nc(O)c2ccnc(-c3cn(C)cn3)c2n1. The highest BCUT2D eigenvalue weighted by Crippen LogP contribution is 2.30. The van der Waals surface area contributed by atoms with E-state index < -0.39 is 6.30 Å². The Morgan fingerprint density at radius 1 is 1.42 bits per heavy atom. The molecule has 134 valence electrons. The van der Waals surface area contributed by atoms with E-state index in [1.165, 1.54) is 19.3 Å². The molecule has 3 N–H and O–H groups in total. The van der Waals surface area contributed by atoms with Gasteiger partial charge in [0, 0.05) is 25.6 Å². The van der Waals surface area contributed by atoms with Gasteiger partial charge in [-0.25, -0.2) is 9.37 Å². The molecule has 0 fully saturated rings. The van der Waals surface area contributed by atoms with Crippen molar-refractivity contribution in [3.63, 3.8) is 0 Å². The number of nitrogens with one attached hydrogen (secondary N) is 2. The Morgan fingerprint density at radius 2 is 2.23 bits per heavy atom. The molecule has 3 rings (SSSR count). The number of hydrogen-bond donors (Lipinski definition) is 3. The van der Waals surface area contributed by atoms with Gasteiger partial charge in [0.2, 0.25) is 5.88 Å². The van der Waals surface area contributed by atoms with Crippen LogP contribution in [-0.2, 0) is 7.05 Å². The Bertz CT molecular complexity index is 984. The van der Waals surface area contributed by atoms with E-state index in [0.29, 0.717) is 22.3 Å². The van der Waals surface area contributed by atoms with Gasteiger partial charge in [-0.2, -0.15) is 9.97 Å². The van der Waals surface area contributed by atoms with Gasteiger partial charge in [0.05, 0.1) is 17.9 Å². The maximum atomic E-state index is 12.9. The topological polar surface area (TPSA) is 122 Å². The Morgan fingerprint density at radius 3 is 2.88 bits per heavy atom. The predicted octanol–water partition coefficient (Wildman–Crippen LogP) is 1.91. The molecular weight excluding hydrogens is 341 g/mol. The third kappa shape index (κ3) is 3.58. The van der Waals surface area contributed by atoms with Gasteiger partial charge in [-0.3, -0.25) is 4.98 Å². The predicted molar refractivity (Wildman–Crippen MR) is 92.4 cm³/mol. The summed E-state index contributed by atoms with van der Waals surface area (Å²) in [4.78, 5) is 16.6. The first-order chi connectivity index (χ1) is 12.5. The number of imidazole rings is 1. The molecule has 3 aromatic rings. The summed E-state index contributed by atoms with van der Waals surface area (Å²) < 4.78 is 20.0. The summed E-state index contributed by atoms with van der Waals surface area (Å²) in [5.74, 6) is -0.336. The fourth-order valence-electron chi connectivity index (χ4n) is 2.19. The highest BCUT2D eigenvalue weighted by molar-refractivity contribution is 5.93. The number of ether oxygens (including phenoxy) is 1. The third-order valence-electron chi connectivity index (χ3n) is 3.33. The summed E-state index contributed by atoms with van der Waals surface area (Å²) >= 11 is 0. The number of rotatable bonds is 6. The minimum Gasteiger partial charge on any atom is -0.493 e. The molecule has 0 saturated carbocycles. The zero-order valence-electron chi connectivity index (χ0n) is 14.0. The van der Waals surface area contributed by atoms with E-state index in [1.54, 1.807) is 23.2 Å². The molecule has 0 radical (unpaired) electrons. The molecule has 0 saturated heterocycles. The van der Waals surface area contributed by atoms with Crippen molar-refractivity contribution in [3.8, 4) is 23.3 Å². The molecule has 3 aromatic heterocycles. The Labute approximate surface area is 147 Å². The third-order valence-corrected chi connectivity index (χ3v) is 3.33. The van der Waals surface area contributed by atoms with Gasteiger partial charge < -0.3 is 25.1 Å². The van der Waals surface area contributed by atoms with Crippen LogP contribution < -0.4 is 10.1 Å². The molecule has 26 heavy (non-hydrogen) atoms. The number of hydrogen-bond acceptors (Lipinski definition) is 8. The van der Waals surface area contributed by atoms with Crippen molar-refractivity contribution in [2.24, 2.45) is 7.05 Å². The zero-order chi connectivity index (χ0) is 18.7. The van der Waals surface area contributed by atoms with Crippen LogP contribution in [0, 0.1) is 5.41 Å². The van der Waals surface area contributed by atoms with Crippen LogP contribution in [0.1, 0.15) is 6.92 Å². The fourth-order valence-corrected chi connectivity index (χ4v) is 2.19. The van der Waals surface area contributed by atoms with Crippen molar-refractivity contribution >= 4 is 17.1 Å². The van der Waals surface area contributed by atoms with Crippen molar-refractivity contribution in [1.29, 1.82) is 5.41 Å². The molecule has 0 bridgehead atoms. The lowest BCUT2D eigenvalue weighted by Gasteiger charge is -2.09. The Kier molecular flexibility index (Phi) is 4.74. The van der Waals surface area contributed by atoms with Gasteiger partial charge >= 0.3 is 6.01 Å². The highest BCUT2D eigenvalue weighted by Gasteiger charge is 2.15. The summed E-state index contributed by atoms with van der Waals surface area (Å²) in [7, 11) is 1.82. The molecule has 0 aliphatic heterocycles. The summed E-state index contributed by atoms with van der Waals surface area (Å²) in [6, 6.07) is 1.36. The summed E-state index contributed by atoms with van der Waals surface area (Å²) in [6.07, 6.45) is 5.61. The minimum absolute atomic E-state index is 0.0310. The smallest absolute Gasteiger partial charge is 0.326 e. The average Bonchev–Trinajstić information content (AvgIpc) is 3.04. The van der Waals surface area contributed by atoms with Crippen molar-refractivity contribution in [3.05, 3.63) is 36.7 Å². The number of aromatic hydroxyl groups is 1. The van der Waals surface area contributed by atoms with Gasteiger partial charge in [0.1, 0.15) is 16.9 Å². The number of fused-ring (bicyclic) bond motifs is 1. The quantitative estimate of drug-likeness (QED) is 0.350. The Balaban J connectivity index is 2.06. The molecule has 0 aliphatic rings. The lowest BCUT2D eigenvalue weighted by molar-refractivity contribution is 0.322. The number of halogens is 1. The van der Waals surface area contributed by atoms with E-state index in [1.807, 2.05) is 7.05 Å². The van der Waals surface area contributed by atoms with E-state index in [9.17, 15) is 9.50 Å². The first kappa shape index (κ1) is 17.3. The molecule has 0 aliphatic carbocycles. The molecule has 0 spiro atoms. The summed E-state index contributed by atoms with van der Waals surface area (Å²) in [5.41, 5.74) is 1.35. The number of allylic oxidation sites excluding steroid dienone is 1. The van der Waals surface area contributed by atoms with E-state index in [0.717, 1.165) is 6.21 Å². The zero-order valence-corrected chi connectivity index (χ0v) is 14.0. The van der Waals surface area contributed by atoms with E-state index in [4.69, 9.17) is 10.1 Å². The summed E-state index contributed by atoms with van der Waals surface area (Å²) in [6.45, 7) is 1.29. The number of aromatic nitrogens is 5. The van der Waals surface area contributed by atoms with Crippen molar-refractivity contribution in [1.82, 2.24) is 29.8 Å². The molecule has 10 heteroatoms. The second kappa shape index (κ2) is 7.13. The number of aryl methyl sites for hydroxylation is 1. The second-order valence-electron chi connectivity index (χ2n) is 5.39. The molecule has 3 heterocycles. The van der Waals surface area contributed by atoms with Crippen LogP contribution in [-0.4, -0.2) is 42.1 Å². The van der Waals surface area contributed by atoms with Crippen LogP contribution in [0.3, 0.4) is 0 Å². The van der Waals surface area contributed by atoms with Crippen LogP contribution in [0.5, 0.6) is 11.9 Å². The lowest BCUT2D eigenvalue weighted by Crippen LogP contribution is -2.16. The van der Waals surface area contributed by atoms with Gasteiger partial charge in [0.25, 0.3) is 0 Å². The maximum Gasteiger partial charge on any atom is 0.326 e. The van der Waals surface area contributed by atoms with E-state index in [2.05, 4.69) is 25.3 Å². The Hall–Kier alpha value is -3.56. The van der Waals surface area contributed by atoms with Gasteiger partial charge in [-0.15, -0.1) is 0 Å². The van der Waals surface area contributed by atoms with Crippen LogP contribution in [0.4, 0.5) is 4.39 Å². The molecule has 0 aromatic carbocycles. The normalized spacial score (nSPS) is 12.8. The number of pyridine rings is 1. The largest absolute Gasteiger partial charge is 0.493 e. The standard InChI is InChI=1S/C16H16FN7O2/c1-9(17)20-6-10(5-18)26-16-22-13-11(15(25)23-16)3-4-19-14(13)12-7-24(2)8-21-12/h3-9,18,20H,1-2H3,(H,22,23,25)/b10-6+,18-5?. The van der Waals surface area contributed by atoms with Gasteiger partial charge in [0.15, 0.2) is 12.1 Å². The second-order valence-corrected chi connectivity index (χ2v) is 5.39. The highest BCUT2D eigenvalue weighted by atomic mass is 19.1. The van der Waals surface area contributed by atoms with Crippen LogP contribution in [0.25, 0.3) is 22.3 Å². The van der Waals surface area contributed by atoms with Crippen molar-refractivity contribution in [2.45, 2.75) is 13.2 Å². The molecule has 1 atom stereocenters. The number of nitrogens with zero attached hydrogens (tertiary/aromatic N) is 5. The first-order valence-electron chi connectivity index (χ1n) is 7.60. The average molecular weight is 357 g/mol. The monoisotopic (exact) mass is 357 g/mol. The minimum atomic E-state index is -1.32. The molecular formula is C16H16FN7O2. The first-order valence-corrected chi connectivity index (χ1v) is 7.60. The molecule has 9 nitrogen and oxygen atoms in total. The van der Waals surface area contributed by atoms with Crippen molar-refractivity contribution in [2.75, 3.05) is 0 Å². The van der Waals surface area contributed by atoms with Crippen LogP contribution >= 0.6 is 0 Å². The molecule has 0 amide bonds. The van der Waals surface area contributed by atoms with Gasteiger partial charge in [-0.05, 0) is 13.0 Å². The van der Waals surface area contributed by atoms with Crippen LogP contribution in [0.2, 0.25) is 0 Å². The van der Waals surface area contributed by atoms with E-state index >= 15 is 0 Å². The fraction of sp³-hybridized carbons (Fsp3) is 0.188. The van der Waals surface area contributed by atoms with Crippen molar-refractivity contribution < 1.29 is 14.2 Å². The van der Waals surface area contributed by atoms with Crippen LogP contribution in [0.15, 0.2) is 36.7 Å². The maximum absolute atomic E-state index is 12.9. The molecule has 1 unspecified atom stereocenters. The van der Waals surface area contributed by atoms with Gasteiger partial charge in [-0.1, -0.05) is 0 Å². The number of alkyl halides is 1. The summed E-state index contributed by atoms with van der Waals surface area (Å²) in [5, 5.41) is 20.3. The lowest BCUT2D eigenvalue weighted by atomic mass is 10.2. The van der Waals surface area contributed by atoms with E-state index in [-0.39, 0.29) is 17.6 Å².